The molecule has 1 aromatic heterocycles. The molecule has 10 heteroatoms. The molecule has 1 fully saturated rings. The van der Waals surface area contributed by atoms with Gasteiger partial charge in [0.05, 0.1) is 17.1 Å². The number of hydrogen-bond donors (Lipinski definition) is 5. The summed E-state index contributed by atoms with van der Waals surface area (Å²) < 4.78 is 0. The Hall–Kier alpha value is -3.76. The minimum absolute atomic E-state index is 0.0301. The molecular formula is C24H23N3O7. The van der Waals surface area contributed by atoms with E-state index in [-0.39, 0.29) is 29.7 Å². The second-order valence-electron chi connectivity index (χ2n) is 9.29. The second kappa shape index (κ2) is 7.12. The Morgan fingerprint density at radius 3 is 2.59 bits per heavy atom. The van der Waals surface area contributed by atoms with Crippen LogP contribution in [-0.2, 0) is 20.8 Å². The first-order valence-corrected chi connectivity index (χ1v) is 10.7. The highest BCUT2D eigenvalue weighted by atomic mass is 16.3. The molecule has 10 nitrogen and oxygen atoms in total. The van der Waals surface area contributed by atoms with Crippen molar-refractivity contribution in [3.8, 4) is 5.75 Å². The van der Waals surface area contributed by atoms with Gasteiger partial charge < -0.3 is 26.2 Å². The van der Waals surface area contributed by atoms with Crippen LogP contribution in [-0.4, -0.2) is 73.5 Å². The van der Waals surface area contributed by atoms with Crippen molar-refractivity contribution in [3.63, 3.8) is 0 Å². The van der Waals surface area contributed by atoms with Crippen LogP contribution in [0.15, 0.2) is 41.3 Å². The molecule has 0 unspecified atom stereocenters. The summed E-state index contributed by atoms with van der Waals surface area (Å²) in [5, 5.41) is 44.8. The lowest BCUT2D eigenvalue weighted by Crippen LogP contribution is -2.65. The van der Waals surface area contributed by atoms with Gasteiger partial charge in [0.1, 0.15) is 22.8 Å². The number of primary amides is 1. The third-order valence-corrected chi connectivity index (χ3v) is 7.29. The zero-order valence-corrected chi connectivity index (χ0v) is 18.4. The summed E-state index contributed by atoms with van der Waals surface area (Å²) in [4.78, 5) is 44.6. The Morgan fingerprint density at radius 1 is 1.24 bits per heavy atom. The molecule has 0 spiro atoms. The van der Waals surface area contributed by atoms with E-state index >= 15 is 0 Å². The molecule has 1 amide bonds. The standard InChI is InChI=1S/C24H23N3O7/c1-27(2)18-12-7-10-6-11-15(13(28)8-9-4-3-5-26-17(9)11)19(29)14(10)21(31)24(12,34)22(32)16(20(18)30)23(25)33/h3-5,8,10,12,18,28-29,32,34H,6-7H2,1-2H3,(H2,25,33)/t10-,12-,18-,24-/m0/s1. The number of phenols is 1. The summed E-state index contributed by atoms with van der Waals surface area (Å²) in [6, 6.07) is 3.78. The number of aromatic hydroxyl groups is 1. The van der Waals surface area contributed by atoms with Gasteiger partial charge in [-0.3, -0.25) is 24.3 Å². The van der Waals surface area contributed by atoms with E-state index in [0.29, 0.717) is 16.5 Å². The minimum atomic E-state index is -2.64. The fourth-order valence-electron chi connectivity index (χ4n) is 5.87. The van der Waals surface area contributed by atoms with Gasteiger partial charge in [0.2, 0.25) is 5.78 Å². The molecule has 1 heterocycles. The summed E-state index contributed by atoms with van der Waals surface area (Å²) in [5.74, 6) is -6.71. The van der Waals surface area contributed by atoms with Crippen LogP contribution in [0.3, 0.4) is 0 Å². The van der Waals surface area contributed by atoms with E-state index in [9.17, 15) is 34.8 Å². The van der Waals surface area contributed by atoms with Crippen molar-refractivity contribution in [1.82, 2.24) is 9.88 Å². The largest absolute Gasteiger partial charge is 0.508 e. The third-order valence-electron chi connectivity index (χ3n) is 7.29. The van der Waals surface area contributed by atoms with Crippen molar-refractivity contribution in [2.75, 3.05) is 14.1 Å². The van der Waals surface area contributed by atoms with Crippen LogP contribution in [0.2, 0.25) is 0 Å². The van der Waals surface area contributed by atoms with Crippen LogP contribution in [0.25, 0.3) is 16.7 Å². The quantitative estimate of drug-likeness (QED) is 0.396. The fourth-order valence-corrected chi connectivity index (χ4v) is 5.87. The number of pyridine rings is 1. The molecule has 5 rings (SSSR count). The lowest BCUT2D eigenvalue weighted by molar-refractivity contribution is -0.153. The van der Waals surface area contributed by atoms with E-state index in [4.69, 9.17) is 5.73 Å². The Kier molecular flexibility index (Phi) is 4.62. The molecule has 0 radical (unpaired) electrons. The highest BCUT2D eigenvalue weighted by Crippen LogP contribution is 2.53. The third kappa shape index (κ3) is 2.63. The van der Waals surface area contributed by atoms with Gasteiger partial charge in [0.15, 0.2) is 11.4 Å². The average molecular weight is 465 g/mol. The van der Waals surface area contributed by atoms with Crippen LogP contribution in [0, 0.1) is 11.8 Å². The Morgan fingerprint density at radius 2 is 1.94 bits per heavy atom. The Bertz CT molecular complexity index is 1380. The molecule has 2 aromatic rings. The number of carbonyl (C=O) groups excluding carboxylic acids is 3. The number of ketones is 2. The van der Waals surface area contributed by atoms with E-state index in [1.807, 2.05) is 0 Å². The van der Waals surface area contributed by atoms with Gasteiger partial charge in [-0.15, -0.1) is 0 Å². The van der Waals surface area contributed by atoms with Crippen molar-refractivity contribution in [2.45, 2.75) is 24.5 Å². The number of amides is 1. The minimum Gasteiger partial charge on any atom is -0.508 e. The Labute approximate surface area is 193 Å². The number of phenolic OH excluding ortho intramolecular Hbond substituents is 1. The number of aliphatic hydroxyl groups is 3. The number of hydrogen-bond acceptors (Lipinski definition) is 9. The van der Waals surface area contributed by atoms with Crippen LogP contribution in [0.4, 0.5) is 0 Å². The van der Waals surface area contributed by atoms with Crippen LogP contribution in [0.1, 0.15) is 17.5 Å². The predicted octanol–water partition coefficient (Wildman–Crippen LogP) is 0.512. The highest BCUT2D eigenvalue weighted by molar-refractivity contribution is 6.24. The van der Waals surface area contributed by atoms with Crippen LogP contribution < -0.4 is 5.73 Å². The number of aliphatic hydroxyl groups excluding tert-OH is 2. The topological polar surface area (TPSA) is 174 Å². The number of carbonyl (C=O) groups is 3. The van der Waals surface area contributed by atoms with Gasteiger partial charge in [-0.05, 0) is 50.6 Å². The summed E-state index contributed by atoms with van der Waals surface area (Å²) >= 11 is 0. The maximum Gasteiger partial charge on any atom is 0.255 e. The monoisotopic (exact) mass is 465 g/mol. The lowest BCUT2D eigenvalue weighted by Gasteiger charge is -2.50. The smallest absolute Gasteiger partial charge is 0.255 e. The normalized spacial score (nSPS) is 28.8. The molecule has 3 aliphatic carbocycles. The second-order valence-corrected chi connectivity index (χ2v) is 9.29. The summed E-state index contributed by atoms with van der Waals surface area (Å²) in [6.07, 6.45) is 1.82. The van der Waals surface area contributed by atoms with Gasteiger partial charge in [0, 0.05) is 23.1 Å². The van der Waals surface area contributed by atoms with E-state index in [1.165, 1.54) is 11.0 Å². The number of Topliss-reactive ketones (excluding diaryl/α,β-unsaturated/α-hetero) is 2. The molecule has 4 atom stereocenters. The maximum absolute atomic E-state index is 13.7. The highest BCUT2D eigenvalue weighted by Gasteiger charge is 2.64. The zero-order chi connectivity index (χ0) is 24.7. The maximum atomic E-state index is 13.7. The van der Waals surface area contributed by atoms with E-state index in [2.05, 4.69) is 4.98 Å². The number of aromatic nitrogens is 1. The molecule has 1 saturated carbocycles. The molecule has 176 valence electrons. The first-order chi connectivity index (χ1) is 16.0. The summed E-state index contributed by atoms with van der Waals surface area (Å²) in [5.41, 5.74) is 2.78. The van der Waals surface area contributed by atoms with Crippen molar-refractivity contribution >= 4 is 34.1 Å². The number of rotatable bonds is 2. The van der Waals surface area contributed by atoms with Gasteiger partial charge >= 0.3 is 0 Å². The fraction of sp³-hybridized carbons (Fsp3) is 0.333. The van der Waals surface area contributed by atoms with Crippen LogP contribution >= 0.6 is 0 Å². The van der Waals surface area contributed by atoms with Crippen molar-refractivity contribution < 1.29 is 34.8 Å². The summed E-state index contributed by atoms with van der Waals surface area (Å²) in [7, 11) is 3.12. The molecule has 0 saturated heterocycles. The molecule has 6 N–H and O–H groups in total. The molecule has 0 bridgehead atoms. The Balaban J connectivity index is 1.78. The van der Waals surface area contributed by atoms with Gasteiger partial charge in [-0.25, -0.2) is 0 Å². The number of likely N-dealkylation sites (N-methyl/N-ethyl adjacent to an activating group) is 1. The molecule has 34 heavy (non-hydrogen) atoms. The number of nitrogens with zero attached hydrogens (tertiary/aromatic N) is 2. The van der Waals surface area contributed by atoms with E-state index in [1.54, 1.807) is 32.4 Å². The number of benzene rings is 1. The van der Waals surface area contributed by atoms with Crippen molar-refractivity contribution in [1.29, 1.82) is 0 Å². The molecular weight excluding hydrogens is 442 g/mol. The van der Waals surface area contributed by atoms with Crippen molar-refractivity contribution in [2.24, 2.45) is 17.6 Å². The van der Waals surface area contributed by atoms with Crippen molar-refractivity contribution in [3.05, 3.63) is 52.4 Å². The molecule has 0 aliphatic heterocycles. The average Bonchev–Trinajstić information content (AvgIpc) is 2.75. The SMILES string of the molecule is CN(C)[C@@H]1C(=O)C(C(N)=O)=C(O)[C@@]2(O)C(=O)C3=C(O)c4c(O)cc5cccnc5c4C[C@H]3C[C@@H]12. The van der Waals surface area contributed by atoms with Gasteiger partial charge in [0.25, 0.3) is 5.91 Å². The summed E-state index contributed by atoms with van der Waals surface area (Å²) in [6.45, 7) is 0. The predicted molar refractivity (Wildman–Crippen MR) is 120 cm³/mol. The van der Waals surface area contributed by atoms with Gasteiger partial charge in [-0.1, -0.05) is 6.07 Å². The van der Waals surface area contributed by atoms with E-state index < -0.39 is 58.0 Å². The number of nitrogens with two attached hydrogens (primary N) is 1. The lowest BCUT2D eigenvalue weighted by atomic mass is 9.57. The molecule has 3 aliphatic rings. The first-order valence-electron chi connectivity index (χ1n) is 10.7. The molecule has 1 aromatic carbocycles. The number of fused-ring (bicyclic) bond motifs is 5. The van der Waals surface area contributed by atoms with Crippen LogP contribution in [0.5, 0.6) is 5.75 Å². The van der Waals surface area contributed by atoms with Gasteiger partial charge in [-0.2, -0.15) is 0 Å². The van der Waals surface area contributed by atoms with E-state index in [0.717, 1.165) is 0 Å². The zero-order valence-electron chi connectivity index (χ0n) is 18.4. The first kappa shape index (κ1) is 22.1.